The van der Waals surface area contributed by atoms with Gasteiger partial charge in [0, 0.05) is 6.54 Å². The Labute approximate surface area is 121 Å². The van der Waals surface area contributed by atoms with Gasteiger partial charge in [-0.1, -0.05) is 41.4 Å². The highest BCUT2D eigenvalue weighted by atomic mass is 35.5. The van der Waals surface area contributed by atoms with Gasteiger partial charge in [-0.3, -0.25) is 0 Å². The van der Waals surface area contributed by atoms with Crippen molar-refractivity contribution in [1.82, 2.24) is 0 Å². The van der Waals surface area contributed by atoms with Gasteiger partial charge in [-0.25, -0.2) is 4.39 Å². The van der Waals surface area contributed by atoms with E-state index in [0.29, 0.717) is 11.6 Å². The lowest BCUT2D eigenvalue weighted by Crippen LogP contribution is -2.12. The van der Waals surface area contributed by atoms with E-state index in [2.05, 4.69) is 5.32 Å². The Balaban J connectivity index is 1.86. The summed E-state index contributed by atoms with van der Waals surface area (Å²) in [5, 5.41) is 3.99. The first-order valence-electron chi connectivity index (χ1n) is 5.73. The molecule has 19 heavy (non-hydrogen) atoms. The molecular weight excluding hydrogens is 288 g/mol. The number of benzene rings is 2. The first-order chi connectivity index (χ1) is 9.18. The van der Waals surface area contributed by atoms with Gasteiger partial charge in [0.15, 0.2) is 11.6 Å². The van der Waals surface area contributed by atoms with Crippen LogP contribution < -0.4 is 10.1 Å². The molecule has 0 radical (unpaired) electrons. The van der Waals surface area contributed by atoms with Gasteiger partial charge in [0.2, 0.25) is 0 Å². The highest BCUT2D eigenvalue weighted by Crippen LogP contribution is 2.27. The Kier molecular flexibility index (Phi) is 4.88. The van der Waals surface area contributed by atoms with E-state index in [4.69, 9.17) is 27.9 Å². The zero-order valence-electron chi connectivity index (χ0n) is 10.00. The van der Waals surface area contributed by atoms with Crippen molar-refractivity contribution >= 4 is 28.9 Å². The molecule has 0 saturated carbocycles. The van der Waals surface area contributed by atoms with Crippen LogP contribution in [0.2, 0.25) is 10.0 Å². The van der Waals surface area contributed by atoms with Gasteiger partial charge in [-0.15, -0.1) is 0 Å². The van der Waals surface area contributed by atoms with Crippen LogP contribution in [0.5, 0.6) is 5.75 Å². The molecule has 0 spiro atoms. The summed E-state index contributed by atoms with van der Waals surface area (Å²) in [7, 11) is 0. The standard InChI is InChI=1S/C14H12Cl2FNO/c15-10-4-1-2-7-13(10)18-8-9-19-14-11(16)5-3-6-12(14)17/h1-7,18H,8-9H2. The monoisotopic (exact) mass is 299 g/mol. The number of rotatable bonds is 5. The number of anilines is 1. The molecule has 100 valence electrons. The molecule has 0 atom stereocenters. The van der Waals surface area contributed by atoms with Crippen LogP contribution in [0, 0.1) is 5.82 Å². The lowest BCUT2D eigenvalue weighted by atomic mass is 10.3. The second-order valence-corrected chi connectivity index (χ2v) is 4.62. The van der Waals surface area contributed by atoms with E-state index < -0.39 is 5.82 Å². The molecule has 1 N–H and O–H groups in total. The van der Waals surface area contributed by atoms with Crippen LogP contribution in [0.1, 0.15) is 0 Å². The average molecular weight is 300 g/mol. The van der Waals surface area contributed by atoms with E-state index in [9.17, 15) is 4.39 Å². The highest BCUT2D eigenvalue weighted by Gasteiger charge is 2.07. The van der Waals surface area contributed by atoms with E-state index in [-0.39, 0.29) is 17.4 Å². The van der Waals surface area contributed by atoms with Gasteiger partial charge in [-0.2, -0.15) is 0 Å². The zero-order chi connectivity index (χ0) is 13.7. The number of hydrogen-bond donors (Lipinski definition) is 1. The number of nitrogens with one attached hydrogen (secondary N) is 1. The predicted molar refractivity (Wildman–Crippen MR) is 76.8 cm³/mol. The van der Waals surface area contributed by atoms with Gasteiger partial charge < -0.3 is 10.1 Å². The molecule has 0 heterocycles. The van der Waals surface area contributed by atoms with Crippen molar-refractivity contribution in [2.24, 2.45) is 0 Å². The largest absolute Gasteiger partial charge is 0.487 e. The lowest BCUT2D eigenvalue weighted by molar-refractivity contribution is 0.315. The second kappa shape index (κ2) is 6.64. The molecule has 0 amide bonds. The minimum atomic E-state index is -0.467. The van der Waals surface area contributed by atoms with E-state index in [1.165, 1.54) is 12.1 Å². The molecule has 0 saturated heterocycles. The first-order valence-corrected chi connectivity index (χ1v) is 6.49. The third-order valence-electron chi connectivity index (χ3n) is 2.46. The maximum atomic E-state index is 13.4. The van der Waals surface area contributed by atoms with Gasteiger partial charge in [0.1, 0.15) is 6.61 Å². The van der Waals surface area contributed by atoms with Crippen LogP contribution >= 0.6 is 23.2 Å². The highest BCUT2D eigenvalue weighted by molar-refractivity contribution is 6.33. The van der Waals surface area contributed by atoms with E-state index >= 15 is 0 Å². The van der Waals surface area contributed by atoms with Crippen LogP contribution in [-0.4, -0.2) is 13.2 Å². The van der Waals surface area contributed by atoms with Gasteiger partial charge >= 0.3 is 0 Å². The van der Waals surface area contributed by atoms with Crippen molar-refractivity contribution in [1.29, 1.82) is 0 Å². The SMILES string of the molecule is Fc1cccc(Cl)c1OCCNc1ccccc1Cl. The van der Waals surface area contributed by atoms with Crippen molar-refractivity contribution in [3.8, 4) is 5.75 Å². The summed E-state index contributed by atoms with van der Waals surface area (Å²) in [5.41, 5.74) is 0.812. The fraction of sp³-hybridized carbons (Fsp3) is 0.143. The van der Waals surface area contributed by atoms with Crippen LogP contribution in [0.3, 0.4) is 0 Å². The van der Waals surface area contributed by atoms with Gasteiger partial charge in [0.05, 0.1) is 15.7 Å². The number of para-hydroxylation sites is 2. The van der Waals surface area contributed by atoms with Crippen LogP contribution in [0.4, 0.5) is 10.1 Å². The van der Waals surface area contributed by atoms with E-state index in [0.717, 1.165) is 5.69 Å². The lowest BCUT2D eigenvalue weighted by Gasteiger charge is -2.11. The Morgan fingerprint density at radius 1 is 1.00 bits per heavy atom. The molecule has 2 rings (SSSR count). The topological polar surface area (TPSA) is 21.3 Å². The van der Waals surface area contributed by atoms with E-state index in [1.54, 1.807) is 12.1 Å². The molecule has 2 aromatic rings. The van der Waals surface area contributed by atoms with Crippen LogP contribution in [-0.2, 0) is 0 Å². The summed E-state index contributed by atoms with van der Waals surface area (Å²) < 4.78 is 18.7. The first kappa shape index (κ1) is 14.0. The summed E-state index contributed by atoms with van der Waals surface area (Å²) in [6.07, 6.45) is 0. The summed E-state index contributed by atoms with van der Waals surface area (Å²) >= 11 is 11.8. The molecule has 0 aliphatic rings. The van der Waals surface area contributed by atoms with Crippen molar-refractivity contribution in [2.45, 2.75) is 0 Å². The van der Waals surface area contributed by atoms with Crippen molar-refractivity contribution in [3.63, 3.8) is 0 Å². The summed E-state index contributed by atoms with van der Waals surface area (Å²) in [6, 6.07) is 11.8. The van der Waals surface area contributed by atoms with Crippen molar-refractivity contribution in [3.05, 3.63) is 58.3 Å². The Hall–Kier alpha value is -1.45. The molecule has 2 aromatic carbocycles. The normalized spacial score (nSPS) is 10.3. The Morgan fingerprint density at radius 2 is 1.74 bits per heavy atom. The summed E-state index contributed by atoms with van der Waals surface area (Å²) in [4.78, 5) is 0. The van der Waals surface area contributed by atoms with Crippen molar-refractivity contribution in [2.75, 3.05) is 18.5 Å². The molecule has 0 unspecified atom stereocenters. The van der Waals surface area contributed by atoms with Gasteiger partial charge in [-0.05, 0) is 24.3 Å². The summed E-state index contributed by atoms with van der Waals surface area (Å²) in [5.74, 6) is -0.393. The average Bonchev–Trinajstić information content (AvgIpc) is 2.39. The number of hydrogen-bond acceptors (Lipinski definition) is 2. The summed E-state index contributed by atoms with van der Waals surface area (Å²) in [6.45, 7) is 0.778. The maximum Gasteiger partial charge on any atom is 0.173 e. The van der Waals surface area contributed by atoms with Crippen molar-refractivity contribution < 1.29 is 9.13 Å². The fourth-order valence-electron chi connectivity index (χ4n) is 1.56. The third-order valence-corrected chi connectivity index (χ3v) is 3.08. The Morgan fingerprint density at radius 3 is 2.47 bits per heavy atom. The molecule has 0 fully saturated rings. The quantitative estimate of drug-likeness (QED) is 0.813. The predicted octanol–water partition coefficient (Wildman–Crippen LogP) is 4.62. The van der Waals surface area contributed by atoms with E-state index in [1.807, 2.05) is 18.2 Å². The number of ether oxygens (including phenoxy) is 1. The fourth-order valence-corrected chi connectivity index (χ4v) is 1.98. The zero-order valence-corrected chi connectivity index (χ0v) is 11.5. The minimum Gasteiger partial charge on any atom is -0.487 e. The molecule has 0 bridgehead atoms. The molecule has 0 aromatic heterocycles. The number of halogens is 3. The third kappa shape index (κ3) is 3.75. The molecular formula is C14H12Cl2FNO. The van der Waals surface area contributed by atoms with Crippen LogP contribution in [0.15, 0.2) is 42.5 Å². The second-order valence-electron chi connectivity index (χ2n) is 3.81. The molecule has 2 nitrogen and oxygen atoms in total. The maximum absolute atomic E-state index is 13.4. The Bertz CT molecular complexity index is 543. The van der Waals surface area contributed by atoms with Gasteiger partial charge in [0.25, 0.3) is 0 Å². The molecule has 0 aliphatic heterocycles. The molecule has 0 aliphatic carbocycles. The smallest absolute Gasteiger partial charge is 0.173 e. The van der Waals surface area contributed by atoms with Crippen LogP contribution in [0.25, 0.3) is 0 Å². The minimum absolute atomic E-state index is 0.0742. The molecule has 5 heteroatoms.